The smallest absolute Gasteiger partial charge is 0.0909 e. The number of hydrogen-bond donors (Lipinski definition) is 1. The van der Waals surface area contributed by atoms with Gasteiger partial charge in [-0.3, -0.25) is 0 Å². The van der Waals surface area contributed by atoms with Gasteiger partial charge in [-0.25, -0.2) is 0 Å². The van der Waals surface area contributed by atoms with Crippen molar-refractivity contribution in [2.45, 2.75) is 52.2 Å². The third kappa shape index (κ3) is 3.55. The van der Waals surface area contributed by atoms with Crippen LogP contribution in [-0.2, 0) is 11.2 Å². The van der Waals surface area contributed by atoms with Crippen LogP contribution in [0, 0.1) is 13.8 Å². The first-order valence-electron chi connectivity index (χ1n) is 6.21. The van der Waals surface area contributed by atoms with Gasteiger partial charge in [0.05, 0.1) is 11.7 Å². The normalized spacial score (nSPS) is 16.6. The first-order valence-corrected chi connectivity index (χ1v) is 6.21. The quantitative estimate of drug-likeness (QED) is 0.851. The Labute approximate surface area is 105 Å². The van der Waals surface area contributed by atoms with Gasteiger partial charge in [-0.05, 0) is 32.8 Å². The maximum atomic E-state index is 10.3. The molecular formula is C15H24O2. The van der Waals surface area contributed by atoms with Crippen molar-refractivity contribution in [1.82, 2.24) is 0 Å². The van der Waals surface area contributed by atoms with Crippen molar-refractivity contribution in [1.29, 1.82) is 0 Å². The van der Waals surface area contributed by atoms with Crippen molar-refractivity contribution in [3.8, 4) is 0 Å². The van der Waals surface area contributed by atoms with Crippen molar-refractivity contribution in [2.75, 3.05) is 7.11 Å². The van der Waals surface area contributed by atoms with E-state index >= 15 is 0 Å². The number of aliphatic hydroxyl groups is 1. The highest BCUT2D eigenvalue weighted by Crippen LogP contribution is 2.23. The lowest BCUT2D eigenvalue weighted by atomic mass is 9.90. The van der Waals surface area contributed by atoms with Crippen LogP contribution in [0.15, 0.2) is 18.2 Å². The minimum Gasteiger partial charge on any atom is -0.390 e. The van der Waals surface area contributed by atoms with Gasteiger partial charge in [-0.1, -0.05) is 36.2 Å². The van der Waals surface area contributed by atoms with Crippen molar-refractivity contribution in [3.05, 3.63) is 34.9 Å². The molecule has 0 saturated carbocycles. The molecule has 1 rings (SSSR count). The Kier molecular flexibility index (Phi) is 4.72. The van der Waals surface area contributed by atoms with Gasteiger partial charge in [-0.2, -0.15) is 0 Å². The van der Waals surface area contributed by atoms with E-state index in [4.69, 9.17) is 4.74 Å². The zero-order chi connectivity index (χ0) is 13.1. The first-order chi connectivity index (χ1) is 7.91. The average Bonchev–Trinajstić information content (AvgIpc) is 2.26. The van der Waals surface area contributed by atoms with Gasteiger partial charge < -0.3 is 9.84 Å². The molecule has 0 aliphatic carbocycles. The molecule has 0 spiro atoms. The summed E-state index contributed by atoms with van der Waals surface area (Å²) in [5, 5.41) is 10.3. The fourth-order valence-corrected chi connectivity index (χ4v) is 2.14. The summed E-state index contributed by atoms with van der Waals surface area (Å²) in [5.74, 6) is 0. The minimum atomic E-state index is -0.473. The average molecular weight is 236 g/mol. The molecule has 0 aliphatic rings. The molecule has 17 heavy (non-hydrogen) atoms. The Morgan fingerprint density at radius 2 is 1.76 bits per heavy atom. The zero-order valence-electron chi connectivity index (χ0n) is 11.6. The van der Waals surface area contributed by atoms with E-state index < -0.39 is 11.7 Å². The second-order valence-corrected chi connectivity index (χ2v) is 5.09. The van der Waals surface area contributed by atoms with Crippen LogP contribution in [0.2, 0.25) is 0 Å². The maximum absolute atomic E-state index is 10.3. The van der Waals surface area contributed by atoms with Gasteiger partial charge in [0, 0.05) is 13.5 Å². The molecule has 0 heterocycles. The van der Waals surface area contributed by atoms with Crippen molar-refractivity contribution >= 4 is 0 Å². The zero-order valence-corrected chi connectivity index (χ0v) is 11.6. The van der Waals surface area contributed by atoms with E-state index in [1.165, 1.54) is 16.7 Å². The fraction of sp³-hybridized carbons (Fsp3) is 0.600. The monoisotopic (exact) mass is 236 g/mol. The molecule has 96 valence electrons. The SMILES string of the molecule is CCC(C)(OC)C(O)Cc1cc(C)cc(C)c1. The Morgan fingerprint density at radius 1 is 1.24 bits per heavy atom. The highest BCUT2D eigenvalue weighted by molar-refractivity contribution is 5.29. The summed E-state index contributed by atoms with van der Waals surface area (Å²) in [6, 6.07) is 6.40. The molecule has 2 unspecified atom stereocenters. The van der Waals surface area contributed by atoms with E-state index in [1.807, 2.05) is 13.8 Å². The number of benzene rings is 1. The first kappa shape index (κ1) is 14.2. The summed E-state index contributed by atoms with van der Waals surface area (Å²) in [6.07, 6.45) is 0.967. The molecule has 0 amide bonds. The largest absolute Gasteiger partial charge is 0.390 e. The van der Waals surface area contributed by atoms with Crippen molar-refractivity contribution in [3.63, 3.8) is 0 Å². The molecule has 0 radical (unpaired) electrons. The van der Waals surface area contributed by atoms with Crippen molar-refractivity contribution < 1.29 is 9.84 Å². The molecule has 2 heteroatoms. The molecule has 2 atom stereocenters. The van der Waals surface area contributed by atoms with Crippen LogP contribution in [0.3, 0.4) is 0 Å². The summed E-state index contributed by atoms with van der Waals surface area (Å²) < 4.78 is 5.43. The molecule has 2 nitrogen and oxygen atoms in total. The van der Waals surface area contributed by atoms with Crippen LogP contribution in [0.4, 0.5) is 0 Å². The number of aryl methyl sites for hydroxylation is 2. The van der Waals surface area contributed by atoms with Gasteiger partial charge in [0.1, 0.15) is 0 Å². The molecule has 1 aromatic carbocycles. The Hall–Kier alpha value is -0.860. The van der Waals surface area contributed by atoms with Gasteiger partial charge in [0.2, 0.25) is 0 Å². The summed E-state index contributed by atoms with van der Waals surface area (Å²) in [4.78, 5) is 0. The van der Waals surface area contributed by atoms with E-state index in [9.17, 15) is 5.11 Å². The summed E-state index contributed by atoms with van der Waals surface area (Å²) >= 11 is 0. The molecule has 0 aliphatic heterocycles. The Morgan fingerprint density at radius 3 is 2.18 bits per heavy atom. The summed E-state index contributed by atoms with van der Waals surface area (Å²) in [6.45, 7) is 8.16. The van der Waals surface area contributed by atoms with E-state index in [-0.39, 0.29) is 0 Å². The number of hydrogen-bond acceptors (Lipinski definition) is 2. The standard InChI is InChI=1S/C15H24O2/c1-6-15(4,17-5)14(16)10-13-8-11(2)7-12(3)9-13/h7-9,14,16H,6,10H2,1-5H3. The van der Waals surface area contributed by atoms with E-state index in [2.05, 4.69) is 32.0 Å². The predicted octanol–water partition coefficient (Wildman–Crippen LogP) is 3.02. The highest BCUT2D eigenvalue weighted by atomic mass is 16.5. The van der Waals surface area contributed by atoms with Gasteiger partial charge >= 0.3 is 0 Å². The van der Waals surface area contributed by atoms with Crippen LogP contribution in [0.5, 0.6) is 0 Å². The van der Waals surface area contributed by atoms with Crippen LogP contribution >= 0.6 is 0 Å². The van der Waals surface area contributed by atoms with E-state index in [1.54, 1.807) is 7.11 Å². The lowest BCUT2D eigenvalue weighted by Crippen LogP contribution is -2.42. The van der Waals surface area contributed by atoms with Crippen molar-refractivity contribution in [2.24, 2.45) is 0 Å². The molecule has 0 bridgehead atoms. The Bertz CT molecular complexity index is 347. The topological polar surface area (TPSA) is 29.5 Å². The lowest BCUT2D eigenvalue weighted by molar-refractivity contribution is -0.0914. The third-order valence-corrected chi connectivity index (χ3v) is 3.58. The second kappa shape index (κ2) is 5.65. The fourth-order valence-electron chi connectivity index (χ4n) is 2.14. The van der Waals surface area contributed by atoms with Crippen LogP contribution in [0.25, 0.3) is 0 Å². The second-order valence-electron chi connectivity index (χ2n) is 5.09. The van der Waals surface area contributed by atoms with E-state index in [0.29, 0.717) is 6.42 Å². The van der Waals surface area contributed by atoms with E-state index in [0.717, 1.165) is 6.42 Å². The van der Waals surface area contributed by atoms with Crippen LogP contribution in [-0.4, -0.2) is 23.9 Å². The lowest BCUT2D eigenvalue weighted by Gasteiger charge is -2.32. The maximum Gasteiger partial charge on any atom is 0.0909 e. The predicted molar refractivity (Wildman–Crippen MR) is 71.3 cm³/mol. The molecular weight excluding hydrogens is 212 g/mol. The summed E-state index contributed by atoms with van der Waals surface area (Å²) in [7, 11) is 1.66. The molecule has 1 aromatic rings. The third-order valence-electron chi connectivity index (χ3n) is 3.58. The molecule has 0 aromatic heterocycles. The van der Waals surface area contributed by atoms with Gasteiger partial charge in [0.15, 0.2) is 0 Å². The molecule has 0 fully saturated rings. The number of ether oxygens (including phenoxy) is 1. The Balaban J connectivity index is 2.83. The molecule has 1 N–H and O–H groups in total. The van der Waals surface area contributed by atoms with Crippen LogP contribution in [0.1, 0.15) is 37.0 Å². The number of aliphatic hydroxyl groups excluding tert-OH is 1. The van der Waals surface area contributed by atoms with Crippen LogP contribution < -0.4 is 0 Å². The van der Waals surface area contributed by atoms with Gasteiger partial charge in [0.25, 0.3) is 0 Å². The minimum absolute atomic E-state index is 0.461. The highest BCUT2D eigenvalue weighted by Gasteiger charge is 2.30. The summed E-state index contributed by atoms with van der Waals surface area (Å²) in [5.41, 5.74) is 3.19. The number of rotatable bonds is 5. The number of methoxy groups -OCH3 is 1. The van der Waals surface area contributed by atoms with Gasteiger partial charge in [-0.15, -0.1) is 0 Å². The molecule has 0 saturated heterocycles.